The summed E-state index contributed by atoms with van der Waals surface area (Å²) in [6, 6.07) is 0.392. The van der Waals surface area contributed by atoms with E-state index in [1.54, 1.807) is 6.33 Å². The smallest absolute Gasteiger partial charge is 0.147 e. The first kappa shape index (κ1) is 10.7. The number of rotatable bonds is 2. The fraction of sp³-hybridized carbons (Fsp3) is 0.667. The van der Waals surface area contributed by atoms with Gasteiger partial charge < -0.3 is 4.57 Å². The maximum absolute atomic E-state index is 5.59. The molecule has 11 heavy (non-hydrogen) atoms. The highest BCUT2D eigenvalue weighted by Crippen LogP contribution is 2.07. The van der Waals surface area contributed by atoms with E-state index in [4.69, 9.17) is 11.6 Å². The molecule has 5 heteroatoms. The average Bonchev–Trinajstić information content (AvgIpc) is 2.33. The van der Waals surface area contributed by atoms with Gasteiger partial charge in [0.05, 0.1) is 5.88 Å². The zero-order valence-electron chi connectivity index (χ0n) is 6.49. The molecule has 0 aliphatic heterocycles. The molecule has 3 nitrogen and oxygen atoms in total. The molecule has 0 aliphatic rings. The lowest BCUT2D eigenvalue weighted by Gasteiger charge is -2.06. The molecule has 0 atom stereocenters. The molecule has 0 saturated carbocycles. The summed E-state index contributed by atoms with van der Waals surface area (Å²) in [5.74, 6) is 1.26. The largest absolute Gasteiger partial charge is 0.314 e. The zero-order chi connectivity index (χ0) is 7.56. The average molecular weight is 196 g/mol. The number of aromatic nitrogens is 3. The summed E-state index contributed by atoms with van der Waals surface area (Å²) in [4.78, 5) is 0. The molecule has 0 aromatic carbocycles. The maximum atomic E-state index is 5.59. The molecular weight excluding hydrogens is 185 g/mol. The van der Waals surface area contributed by atoms with Crippen molar-refractivity contribution in [3.63, 3.8) is 0 Å². The van der Waals surface area contributed by atoms with Gasteiger partial charge in [-0.1, -0.05) is 0 Å². The van der Waals surface area contributed by atoms with E-state index in [1.807, 2.05) is 4.57 Å². The first-order chi connectivity index (χ1) is 4.75. The van der Waals surface area contributed by atoms with Crippen molar-refractivity contribution in [1.29, 1.82) is 0 Å². The van der Waals surface area contributed by atoms with Gasteiger partial charge in [-0.2, -0.15) is 0 Å². The molecule has 0 aliphatic carbocycles. The van der Waals surface area contributed by atoms with E-state index in [0.29, 0.717) is 11.9 Å². The van der Waals surface area contributed by atoms with Crippen LogP contribution in [0.2, 0.25) is 0 Å². The lowest BCUT2D eigenvalue weighted by atomic mass is 10.4. The minimum Gasteiger partial charge on any atom is -0.314 e. The molecule has 0 radical (unpaired) electrons. The number of hydrogen-bond donors (Lipinski definition) is 0. The highest BCUT2D eigenvalue weighted by molar-refractivity contribution is 6.16. The van der Waals surface area contributed by atoms with E-state index in [9.17, 15) is 0 Å². The molecule has 0 saturated heterocycles. The molecule has 0 unspecified atom stereocenters. The van der Waals surface area contributed by atoms with E-state index in [0.717, 1.165) is 5.82 Å². The van der Waals surface area contributed by atoms with Crippen molar-refractivity contribution >= 4 is 24.0 Å². The predicted octanol–water partition coefficient (Wildman–Crippen LogP) is 2.02. The van der Waals surface area contributed by atoms with Crippen LogP contribution in [0.4, 0.5) is 0 Å². The van der Waals surface area contributed by atoms with Crippen LogP contribution in [-0.2, 0) is 5.88 Å². The van der Waals surface area contributed by atoms with Crippen LogP contribution in [0.15, 0.2) is 6.33 Å². The molecule has 1 aromatic heterocycles. The van der Waals surface area contributed by atoms with Gasteiger partial charge in [-0.15, -0.1) is 34.2 Å². The van der Waals surface area contributed by atoms with Gasteiger partial charge in [0.1, 0.15) is 12.2 Å². The summed E-state index contributed by atoms with van der Waals surface area (Å²) in [5.41, 5.74) is 0. The van der Waals surface area contributed by atoms with Gasteiger partial charge in [-0.3, -0.25) is 0 Å². The van der Waals surface area contributed by atoms with Gasteiger partial charge in [0.15, 0.2) is 0 Å². The van der Waals surface area contributed by atoms with Crippen molar-refractivity contribution in [2.45, 2.75) is 25.8 Å². The topological polar surface area (TPSA) is 30.7 Å². The summed E-state index contributed by atoms with van der Waals surface area (Å²) in [6.45, 7) is 4.14. The van der Waals surface area contributed by atoms with E-state index < -0.39 is 0 Å². The Kier molecular flexibility index (Phi) is 4.45. The van der Waals surface area contributed by atoms with Crippen LogP contribution in [0, 0.1) is 0 Å². The fourth-order valence-corrected chi connectivity index (χ4v) is 0.985. The van der Waals surface area contributed by atoms with Crippen LogP contribution in [0.3, 0.4) is 0 Å². The molecule has 64 valence electrons. The van der Waals surface area contributed by atoms with Crippen LogP contribution < -0.4 is 0 Å². The monoisotopic (exact) mass is 195 g/mol. The third-order valence-corrected chi connectivity index (χ3v) is 1.56. The van der Waals surface area contributed by atoms with Crippen molar-refractivity contribution in [2.24, 2.45) is 0 Å². The Morgan fingerprint density at radius 2 is 2.27 bits per heavy atom. The minimum atomic E-state index is 0. The lowest BCUT2D eigenvalue weighted by molar-refractivity contribution is 0.579. The molecule has 1 heterocycles. The van der Waals surface area contributed by atoms with Gasteiger partial charge in [-0.25, -0.2) is 0 Å². The van der Waals surface area contributed by atoms with Crippen LogP contribution in [0.1, 0.15) is 25.7 Å². The van der Waals surface area contributed by atoms with Crippen LogP contribution >= 0.6 is 24.0 Å². The SMILES string of the molecule is CC(C)n1cnnc1CCl.Cl. The Morgan fingerprint density at radius 1 is 1.64 bits per heavy atom. The Hall–Kier alpha value is -0.280. The lowest BCUT2D eigenvalue weighted by Crippen LogP contribution is -2.03. The van der Waals surface area contributed by atoms with Gasteiger partial charge in [-0.05, 0) is 13.8 Å². The molecule has 0 spiro atoms. The van der Waals surface area contributed by atoms with E-state index >= 15 is 0 Å². The standard InChI is InChI=1S/C6H10ClN3.ClH/c1-5(2)10-4-8-9-6(10)3-7;/h4-5H,3H2,1-2H3;1H. The van der Waals surface area contributed by atoms with Crippen molar-refractivity contribution in [3.8, 4) is 0 Å². The van der Waals surface area contributed by atoms with E-state index in [1.165, 1.54) is 0 Å². The van der Waals surface area contributed by atoms with Crippen molar-refractivity contribution in [1.82, 2.24) is 14.8 Å². The quantitative estimate of drug-likeness (QED) is 0.677. The molecule has 0 amide bonds. The molecule has 0 N–H and O–H groups in total. The molecule has 1 aromatic rings. The maximum Gasteiger partial charge on any atom is 0.147 e. The fourth-order valence-electron chi connectivity index (χ4n) is 0.793. The predicted molar refractivity (Wildman–Crippen MR) is 47.2 cm³/mol. The molecule has 1 rings (SSSR count). The highest BCUT2D eigenvalue weighted by Gasteiger charge is 2.03. The third kappa shape index (κ3) is 2.34. The Morgan fingerprint density at radius 3 is 2.64 bits per heavy atom. The number of alkyl halides is 1. The summed E-state index contributed by atoms with van der Waals surface area (Å²) in [5, 5.41) is 7.58. The Labute approximate surface area is 77.2 Å². The summed E-state index contributed by atoms with van der Waals surface area (Å²) in [7, 11) is 0. The molecule has 0 bridgehead atoms. The van der Waals surface area contributed by atoms with Gasteiger partial charge in [0.25, 0.3) is 0 Å². The van der Waals surface area contributed by atoms with Crippen LogP contribution in [-0.4, -0.2) is 14.8 Å². The number of halogens is 2. The number of nitrogens with zero attached hydrogens (tertiary/aromatic N) is 3. The van der Waals surface area contributed by atoms with Crippen LogP contribution in [0.5, 0.6) is 0 Å². The second-order valence-corrected chi connectivity index (χ2v) is 2.65. The zero-order valence-corrected chi connectivity index (χ0v) is 8.06. The van der Waals surface area contributed by atoms with Crippen molar-refractivity contribution in [3.05, 3.63) is 12.2 Å². The van der Waals surface area contributed by atoms with Crippen molar-refractivity contribution < 1.29 is 0 Å². The van der Waals surface area contributed by atoms with Crippen LogP contribution in [0.25, 0.3) is 0 Å². The second-order valence-electron chi connectivity index (χ2n) is 2.38. The number of hydrogen-bond acceptors (Lipinski definition) is 2. The van der Waals surface area contributed by atoms with Gasteiger partial charge in [0.2, 0.25) is 0 Å². The first-order valence-corrected chi connectivity index (χ1v) is 3.73. The molecular formula is C6H11Cl2N3. The first-order valence-electron chi connectivity index (χ1n) is 3.20. The van der Waals surface area contributed by atoms with Crippen molar-refractivity contribution in [2.75, 3.05) is 0 Å². The summed E-state index contributed by atoms with van der Waals surface area (Å²) in [6.07, 6.45) is 1.70. The third-order valence-electron chi connectivity index (χ3n) is 1.32. The Balaban J connectivity index is 0.000001000. The normalized spacial score (nSPS) is 9.82. The van der Waals surface area contributed by atoms with Gasteiger partial charge >= 0.3 is 0 Å². The minimum absolute atomic E-state index is 0. The molecule has 0 fully saturated rings. The Bertz CT molecular complexity index is 209. The summed E-state index contributed by atoms with van der Waals surface area (Å²) < 4.78 is 1.95. The second kappa shape index (κ2) is 4.57. The summed E-state index contributed by atoms with van der Waals surface area (Å²) >= 11 is 5.59. The van der Waals surface area contributed by atoms with Gasteiger partial charge in [0, 0.05) is 6.04 Å². The highest BCUT2D eigenvalue weighted by atomic mass is 35.5. The van der Waals surface area contributed by atoms with E-state index in [-0.39, 0.29) is 12.4 Å². The van der Waals surface area contributed by atoms with E-state index in [2.05, 4.69) is 24.0 Å².